The first-order chi connectivity index (χ1) is 17.4. The van der Waals surface area contributed by atoms with Gasteiger partial charge < -0.3 is 24.6 Å². The number of hydrogen-bond donors (Lipinski definition) is 2. The second-order valence-corrected chi connectivity index (χ2v) is 11.8. The van der Waals surface area contributed by atoms with Crippen molar-refractivity contribution in [3.05, 3.63) is 36.1 Å². The Balaban J connectivity index is 1.37. The molecule has 4 rings (SSSR count). The highest BCUT2D eigenvalue weighted by molar-refractivity contribution is 7.89. The molecular formula is C26H38N2O7S. The number of carbonyl (C=O) groups excluding carboxylic acids is 1. The van der Waals surface area contributed by atoms with Gasteiger partial charge in [0.25, 0.3) is 5.91 Å². The quantitative estimate of drug-likeness (QED) is 0.409. The molecule has 1 aliphatic heterocycles. The zero-order chi connectivity index (χ0) is 25.5. The number of ether oxygens (including phenoxy) is 3. The molecule has 1 amide bonds. The third-order valence-corrected chi connectivity index (χ3v) is 9.17. The lowest BCUT2D eigenvalue weighted by Gasteiger charge is -2.32. The number of sulfonamides is 1. The van der Waals surface area contributed by atoms with Crippen molar-refractivity contribution in [2.24, 2.45) is 17.8 Å². The van der Waals surface area contributed by atoms with Crippen LogP contribution in [0, 0.1) is 17.8 Å². The molecule has 0 aromatic heterocycles. The number of rotatable bonds is 13. The summed E-state index contributed by atoms with van der Waals surface area (Å²) in [5.74, 6) is 1.93. The minimum absolute atomic E-state index is 0.0514. The van der Waals surface area contributed by atoms with Crippen molar-refractivity contribution in [1.82, 2.24) is 9.62 Å². The molecule has 3 aliphatic rings. The van der Waals surface area contributed by atoms with Crippen molar-refractivity contribution < 1.29 is 32.5 Å². The van der Waals surface area contributed by atoms with E-state index in [1.54, 1.807) is 12.1 Å². The average molecular weight is 523 g/mol. The Hall–Kier alpha value is -2.14. The van der Waals surface area contributed by atoms with Gasteiger partial charge in [-0.15, -0.1) is 0 Å². The highest BCUT2D eigenvalue weighted by Crippen LogP contribution is 2.38. The molecule has 0 saturated heterocycles. The first-order valence-corrected chi connectivity index (χ1v) is 14.4. The molecule has 1 heterocycles. The average Bonchev–Trinajstić information content (AvgIpc) is 3.56. The Morgan fingerprint density at radius 3 is 2.50 bits per heavy atom. The third-order valence-electron chi connectivity index (χ3n) is 7.26. The minimum atomic E-state index is -3.83. The van der Waals surface area contributed by atoms with Crippen LogP contribution < -0.4 is 10.1 Å². The van der Waals surface area contributed by atoms with Gasteiger partial charge in [0.1, 0.15) is 5.75 Å². The summed E-state index contributed by atoms with van der Waals surface area (Å²) < 4.78 is 44.5. The maximum Gasteiger partial charge on any atom is 0.286 e. The van der Waals surface area contributed by atoms with Crippen LogP contribution >= 0.6 is 0 Å². The molecule has 2 saturated carbocycles. The molecule has 2 N–H and O–H groups in total. The van der Waals surface area contributed by atoms with Gasteiger partial charge in [0, 0.05) is 26.1 Å². The molecular weight excluding hydrogens is 484 g/mol. The van der Waals surface area contributed by atoms with Crippen LogP contribution in [0.3, 0.4) is 0 Å². The van der Waals surface area contributed by atoms with E-state index in [2.05, 4.69) is 5.32 Å². The van der Waals surface area contributed by atoms with Crippen molar-refractivity contribution >= 4 is 15.9 Å². The summed E-state index contributed by atoms with van der Waals surface area (Å²) >= 11 is 0. The lowest BCUT2D eigenvalue weighted by molar-refractivity contribution is -0.151. The van der Waals surface area contributed by atoms with Crippen molar-refractivity contribution in [3.63, 3.8) is 0 Å². The molecule has 2 atom stereocenters. The molecule has 1 aromatic carbocycles. The van der Waals surface area contributed by atoms with Gasteiger partial charge in [-0.05, 0) is 73.8 Å². The molecule has 0 bridgehead atoms. The van der Waals surface area contributed by atoms with E-state index < -0.39 is 16.3 Å². The molecule has 0 radical (unpaired) electrons. The van der Waals surface area contributed by atoms with E-state index in [0.717, 1.165) is 25.7 Å². The van der Waals surface area contributed by atoms with E-state index in [-0.39, 0.29) is 43.0 Å². The zero-order valence-electron chi connectivity index (χ0n) is 20.9. The van der Waals surface area contributed by atoms with Gasteiger partial charge in [0.05, 0.1) is 25.2 Å². The number of nitrogens with zero attached hydrogens (tertiary/aromatic N) is 1. The maximum absolute atomic E-state index is 13.1. The number of benzene rings is 1. The second kappa shape index (κ2) is 12.4. The van der Waals surface area contributed by atoms with Crippen molar-refractivity contribution in [1.29, 1.82) is 0 Å². The van der Waals surface area contributed by atoms with Crippen LogP contribution in [0.25, 0.3) is 0 Å². The normalized spacial score (nSPS) is 22.8. The number of aliphatic hydroxyl groups is 1. The molecule has 200 valence electrons. The third kappa shape index (κ3) is 7.00. The highest BCUT2D eigenvalue weighted by Gasteiger charge is 2.34. The van der Waals surface area contributed by atoms with Crippen LogP contribution in [-0.2, 0) is 24.3 Å². The van der Waals surface area contributed by atoms with E-state index in [0.29, 0.717) is 36.3 Å². The number of nitrogens with one attached hydrogen (secondary N) is 1. The van der Waals surface area contributed by atoms with Crippen LogP contribution in [0.2, 0.25) is 0 Å². The molecule has 2 fully saturated rings. The number of aliphatic hydroxyl groups excluding tert-OH is 1. The van der Waals surface area contributed by atoms with Gasteiger partial charge in [-0.1, -0.05) is 12.8 Å². The summed E-state index contributed by atoms with van der Waals surface area (Å²) in [6.45, 7) is 0.429. The highest BCUT2D eigenvalue weighted by atomic mass is 32.2. The van der Waals surface area contributed by atoms with Crippen molar-refractivity contribution in [2.45, 2.75) is 56.1 Å². The molecule has 36 heavy (non-hydrogen) atoms. The summed E-state index contributed by atoms with van der Waals surface area (Å²) in [6.07, 6.45) is 8.94. The van der Waals surface area contributed by atoms with Gasteiger partial charge in [-0.25, -0.2) is 8.42 Å². The van der Waals surface area contributed by atoms with Gasteiger partial charge in [0.15, 0.2) is 5.76 Å². The number of allylic oxidation sites excluding steroid dienone is 1. The number of carbonyl (C=O) groups is 1. The first kappa shape index (κ1) is 26.9. The second-order valence-electron chi connectivity index (χ2n) is 9.85. The molecule has 9 nitrogen and oxygen atoms in total. The largest absolute Gasteiger partial charge is 0.497 e. The van der Waals surface area contributed by atoms with Gasteiger partial charge in [-0.2, -0.15) is 4.31 Å². The molecule has 0 spiro atoms. The molecule has 2 aliphatic carbocycles. The summed E-state index contributed by atoms with van der Waals surface area (Å²) in [6, 6.07) is 6.13. The van der Waals surface area contributed by atoms with Crippen LogP contribution in [0.5, 0.6) is 5.75 Å². The van der Waals surface area contributed by atoms with E-state index in [4.69, 9.17) is 14.2 Å². The van der Waals surface area contributed by atoms with Crippen LogP contribution in [0.4, 0.5) is 0 Å². The van der Waals surface area contributed by atoms with E-state index >= 15 is 0 Å². The number of methoxy groups -OCH3 is 1. The zero-order valence-corrected chi connectivity index (χ0v) is 21.8. The van der Waals surface area contributed by atoms with Gasteiger partial charge in [0.2, 0.25) is 16.3 Å². The predicted molar refractivity (Wildman–Crippen MR) is 134 cm³/mol. The van der Waals surface area contributed by atoms with Crippen LogP contribution in [-0.4, -0.2) is 70.0 Å². The maximum atomic E-state index is 13.1. The summed E-state index contributed by atoms with van der Waals surface area (Å²) in [5.41, 5.74) is 0. The lowest BCUT2D eigenvalue weighted by atomic mass is 9.86. The van der Waals surface area contributed by atoms with Gasteiger partial charge >= 0.3 is 0 Å². The number of hydrogen-bond acceptors (Lipinski definition) is 7. The fraction of sp³-hybridized carbons (Fsp3) is 0.654. The predicted octanol–water partition coefficient (Wildman–Crippen LogP) is 2.66. The van der Waals surface area contributed by atoms with Gasteiger partial charge in [-0.3, -0.25) is 4.79 Å². The molecule has 0 unspecified atom stereocenters. The lowest BCUT2D eigenvalue weighted by Crippen LogP contribution is -2.39. The topological polar surface area (TPSA) is 114 Å². The van der Waals surface area contributed by atoms with E-state index in [1.807, 2.05) is 6.08 Å². The fourth-order valence-electron chi connectivity index (χ4n) is 4.95. The minimum Gasteiger partial charge on any atom is -0.497 e. The smallest absolute Gasteiger partial charge is 0.286 e. The number of amides is 1. The van der Waals surface area contributed by atoms with Crippen LogP contribution in [0.15, 0.2) is 41.0 Å². The fourth-order valence-corrected chi connectivity index (χ4v) is 6.37. The standard InChI is InChI=1S/C26H38N2O7S/c1-33-22-8-10-23(11-9-22)36(31,32)28(12-14-29)13-15-34-25-17-21(20-4-2-3-5-20)16-24(35-25)26(30)27-18-19-6-7-19/h8-11,16,19-21,25,29H,2-7,12-15,17-18H2,1H3,(H,27,30)/t21-,25+/m0/s1. The summed E-state index contributed by atoms with van der Waals surface area (Å²) in [5, 5.41) is 12.5. The summed E-state index contributed by atoms with van der Waals surface area (Å²) in [4.78, 5) is 12.9. The van der Waals surface area contributed by atoms with Crippen molar-refractivity contribution in [2.75, 3.05) is 40.0 Å². The summed E-state index contributed by atoms with van der Waals surface area (Å²) in [7, 11) is -2.31. The Morgan fingerprint density at radius 1 is 1.14 bits per heavy atom. The SMILES string of the molecule is COc1ccc(S(=O)(=O)N(CCO)CCO[C@H]2C[C@@H](C3CCCC3)C=C(C(=O)NCC3CC3)O2)cc1. The van der Waals surface area contributed by atoms with Crippen molar-refractivity contribution in [3.8, 4) is 5.75 Å². The van der Waals surface area contributed by atoms with E-state index in [9.17, 15) is 18.3 Å². The molecule has 10 heteroatoms. The van der Waals surface area contributed by atoms with E-state index in [1.165, 1.54) is 36.4 Å². The molecule has 1 aromatic rings. The Labute approximate surface area is 213 Å². The monoisotopic (exact) mass is 522 g/mol. The van der Waals surface area contributed by atoms with Crippen LogP contribution in [0.1, 0.15) is 44.9 Å². The Bertz CT molecular complexity index is 1000. The first-order valence-electron chi connectivity index (χ1n) is 12.9. The Kier molecular flexibility index (Phi) is 9.27. The Morgan fingerprint density at radius 2 is 1.86 bits per heavy atom.